The molecule has 1 aliphatic heterocycles. The highest BCUT2D eigenvalue weighted by molar-refractivity contribution is 5.75. The van der Waals surface area contributed by atoms with E-state index in [-0.39, 0.29) is 12.0 Å². The molecule has 2 rings (SSSR count). The van der Waals surface area contributed by atoms with Crippen molar-refractivity contribution in [1.29, 1.82) is 0 Å². The Bertz CT molecular complexity index is 243. The van der Waals surface area contributed by atoms with E-state index in [1.165, 1.54) is 0 Å². The van der Waals surface area contributed by atoms with Gasteiger partial charge in [0.2, 0.25) is 0 Å². The molecule has 0 radical (unpaired) electrons. The largest absolute Gasteiger partial charge is 0.481 e. The zero-order valence-electron chi connectivity index (χ0n) is 7.55. The van der Waals surface area contributed by atoms with E-state index in [9.17, 15) is 9.90 Å². The monoisotopic (exact) mass is 185 g/mol. The van der Waals surface area contributed by atoms with Crippen LogP contribution < -0.4 is 5.32 Å². The number of aliphatic hydroxyl groups is 1. The molecule has 13 heavy (non-hydrogen) atoms. The van der Waals surface area contributed by atoms with Crippen molar-refractivity contribution in [3.63, 3.8) is 0 Å². The van der Waals surface area contributed by atoms with Crippen molar-refractivity contribution in [3.8, 4) is 0 Å². The minimum atomic E-state index is -0.713. The number of aliphatic carboxylic acids is 1. The van der Waals surface area contributed by atoms with Gasteiger partial charge in [0.15, 0.2) is 0 Å². The van der Waals surface area contributed by atoms with E-state index in [0.717, 1.165) is 13.0 Å². The summed E-state index contributed by atoms with van der Waals surface area (Å²) in [7, 11) is 0. The van der Waals surface area contributed by atoms with E-state index in [1.807, 2.05) is 0 Å². The second kappa shape index (κ2) is 2.69. The molecule has 0 amide bonds. The summed E-state index contributed by atoms with van der Waals surface area (Å²) in [6.45, 7) is 1.43. The Kier molecular flexibility index (Phi) is 1.85. The number of carboxylic acid groups (broad SMARTS) is 1. The van der Waals surface area contributed by atoms with Crippen LogP contribution in [0.5, 0.6) is 0 Å². The predicted molar refractivity (Wildman–Crippen MR) is 46.3 cm³/mol. The van der Waals surface area contributed by atoms with Gasteiger partial charge in [-0.1, -0.05) is 0 Å². The van der Waals surface area contributed by atoms with Gasteiger partial charge in [-0.2, -0.15) is 0 Å². The van der Waals surface area contributed by atoms with Crippen LogP contribution >= 0.6 is 0 Å². The third-order valence-electron chi connectivity index (χ3n) is 3.60. The number of hydrogen-bond donors (Lipinski definition) is 3. The first kappa shape index (κ1) is 8.97. The van der Waals surface area contributed by atoms with E-state index in [2.05, 4.69) is 5.32 Å². The first-order chi connectivity index (χ1) is 6.13. The van der Waals surface area contributed by atoms with E-state index in [0.29, 0.717) is 19.4 Å². The maximum absolute atomic E-state index is 11.1. The number of hydrogen-bond acceptors (Lipinski definition) is 3. The summed E-state index contributed by atoms with van der Waals surface area (Å²) in [6.07, 6.45) is 2.18. The third-order valence-corrected chi connectivity index (χ3v) is 3.60. The molecule has 1 aliphatic carbocycles. The lowest BCUT2D eigenvalue weighted by atomic mass is 9.76. The molecule has 1 saturated heterocycles. The van der Waals surface area contributed by atoms with E-state index < -0.39 is 11.4 Å². The Balaban J connectivity index is 2.23. The first-order valence-corrected chi connectivity index (χ1v) is 4.68. The Morgan fingerprint density at radius 1 is 1.38 bits per heavy atom. The molecule has 0 spiro atoms. The minimum Gasteiger partial charge on any atom is -0.481 e. The van der Waals surface area contributed by atoms with Gasteiger partial charge in [-0.25, -0.2) is 0 Å². The molecular weight excluding hydrogens is 170 g/mol. The summed E-state index contributed by atoms with van der Waals surface area (Å²) in [6, 6.07) is 0. The number of carboxylic acids is 1. The van der Waals surface area contributed by atoms with Crippen LogP contribution in [0.3, 0.4) is 0 Å². The lowest BCUT2D eigenvalue weighted by Crippen LogP contribution is -2.49. The fourth-order valence-corrected chi connectivity index (χ4v) is 2.72. The Morgan fingerprint density at radius 3 is 2.77 bits per heavy atom. The van der Waals surface area contributed by atoms with Gasteiger partial charge in [0.25, 0.3) is 0 Å². The molecule has 2 fully saturated rings. The van der Waals surface area contributed by atoms with Crippen molar-refractivity contribution in [1.82, 2.24) is 5.32 Å². The topological polar surface area (TPSA) is 69.6 Å². The fraction of sp³-hybridized carbons (Fsp3) is 0.889. The number of rotatable bonds is 2. The van der Waals surface area contributed by atoms with E-state index >= 15 is 0 Å². The maximum atomic E-state index is 11.1. The lowest BCUT2D eigenvalue weighted by molar-refractivity contribution is -0.150. The molecular formula is C9H15NO3. The van der Waals surface area contributed by atoms with Crippen molar-refractivity contribution in [2.24, 2.45) is 10.8 Å². The van der Waals surface area contributed by atoms with Crippen molar-refractivity contribution in [2.75, 3.05) is 19.7 Å². The van der Waals surface area contributed by atoms with Gasteiger partial charge in [0, 0.05) is 25.1 Å². The second-order valence-corrected chi connectivity index (χ2v) is 4.52. The molecule has 74 valence electrons. The number of piperidine rings is 1. The average Bonchev–Trinajstić information content (AvgIpc) is 2.41. The van der Waals surface area contributed by atoms with Gasteiger partial charge in [-0.05, 0) is 19.3 Å². The summed E-state index contributed by atoms with van der Waals surface area (Å²) in [5, 5.41) is 21.5. The van der Waals surface area contributed by atoms with Gasteiger partial charge in [-0.3, -0.25) is 4.79 Å². The SMILES string of the molecule is O=C(O)C12CCC(CO)(CNC1)C2. The molecule has 2 atom stereocenters. The third kappa shape index (κ3) is 1.16. The number of fused-ring (bicyclic) bond motifs is 2. The van der Waals surface area contributed by atoms with Gasteiger partial charge < -0.3 is 15.5 Å². The van der Waals surface area contributed by atoms with Gasteiger partial charge >= 0.3 is 5.97 Å². The molecule has 3 N–H and O–H groups in total. The van der Waals surface area contributed by atoms with Crippen LogP contribution in [-0.4, -0.2) is 35.9 Å². The number of aliphatic hydroxyl groups excluding tert-OH is 1. The van der Waals surface area contributed by atoms with Crippen molar-refractivity contribution >= 4 is 5.97 Å². The van der Waals surface area contributed by atoms with Crippen molar-refractivity contribution < 1.29 is 15.0 Å². The van der Waals surface area contributed by atoms with E-state index in [1.54, 1.807) is 0 Å². The smallest absolute Gasteiger partial charge is 0.310 e. The minimum absolute atomic E-state index is 0.106. The number of carbonyl (C=O) groups is 1. The molecule has 4 nitrogen and oxygen atoms in total. The lowest BCUT2D eigenvalue weighted by Gasteiger charge is -2.36. The summed E-state index contributed by atoms with van der Waals surface area (Å²) in [5.74, 6) is -0.713. The summed E-state index contributed by atoms with van der Waals surface area (Å²) in [4.78, 5) is 11.1. The highest BCUT2D eigenvalue weighted by Crippen LogP contribution is 2.51. The Hall–Kier alpha value is -0.610. The molecule has 1 heterocycles. The molecule has 0 aromatic rings. The molecule has 2 bridgehead atoms. The normalized spacial score (nSPS) is 43.5. The van der Waals surface area contributed by atoms with Crippen LogP contribution in [0, 0.1) is 10.8 Å². The Labute approximate surface area is 76.9 Å². The predicted octanol–water partition coefficient (Wildman–Crippen LogP) is -0.177. The highest BCUT2D eigenvalue weighted by Gasteiger charge is 2.54. The van der Waals surface area contributed by atoms with E-state index in [4.69, 9.17) is 5.11 Å². The number of nitrogens with one attached hydrogen (secondary N) is 1. The van der Waals surface area contributed by atoms with Crippen LogP contribution in [0.25, 0.3) is 0 Å². The Morgan fingerprint density at radius 2 is 2.15 bits per heavy atom. The first-order valence-electron chi connectivity index (χ1n) is 4.68. The molecule has 2 aliphatic rings. The van der Waals surface area contributed by atoms with Crippen LogP contribution in [0.1, 0.15) is 19.3 Å². The summed E-state index contributed by atoms with van der Waals surface area (Å²) < 4.78 is 0. The van der Waals surface area contributed by atoms with Crippen LogP contribution in [0.15, 0.2) is 0 Å². The van der Waals surface area contributed by atoms with Crippen molar-refractivity contribution in [3.05, 3.63) is 0 Å². The highest BCUT2D eigenvalue weighted by atomic mass is 16.4. The van der Waals surface area contributed by atoms with Crippen LogP contribution in [0.2, 0.25) is 0 Å². The maximum Gasteiger partial charge on any atom is 0.310 e. The molecule has 1 saturated carbocycles. The zero-order chi connectivity index (χ0) is 9.53. The van der Waals surface area contributed by atoms with Gasteiger partial charge in [-0.15, -0.1) is 0 Å². The second-order valence-electron chi connectivity index (χ2n) is 4.52. The quantitative estimate of drug-likeness (QED) is 0.558. The molecule has 0 aromatic heterocycles. The zero-order valence-corrected chi connectivity index (χ0v) is 7.55. The molecule has 2 unspecified atom stereocenters. The summed E-state index contributed by atoms with van der Waals surface area (Å²) >= 11 is 0. The average molecular weight is 185 g/mol. The fourth-order valence-electron chi connectivity index (χ4n) is 2.72. The van der Waals surface area contributed by atoms with Gasteiger partial charge in [0.05, 0.1) is 5.41 Å². The standard InChI is InChI=1S/C9H15NO3/c11-6-8-1-2-9(3-8,7(12)13)5-10-4-8/h10-11H,1-6H2,(H,12,13). The van der Waals surface area contributed by atoms with Gasteiger partial charge in [0.1, 0.15) is 0 Å². The molecule has 4 heteroatoms. The van der Waals surface area contributed by atoms with Crippen molar-refractivity contribution in [2.45, 2.75) is 19.3 Å². The van der Waals surface area contributed by atoms with Crippen LogP contribution in [0.4, 0.5) is 0 Å². The summed E-state index contributed by atoms with van der Waals surface area (Å²) in [5.41, 5.74) is -0.752. The van der Waals surface area contributed by atoms with Crippen LogP contribution in [-0.2, 0) is 4.79 Å². The molecule has 0 aromatic carbocycles.